The molecular formula is C14H14Cl2F4N2O2. The molecule has 4 nitrogen and oxygen atoms in total. The van der Waals surface area contributed by atoms with Gasteiger partial charge in [-0.25, -0.2) is 0 Å². The second kappa shape index (κ2) is 9.48. The van der Waals surface area contributed by atoms with Crippen molar-refractivity contribution in [2.75, 3.05) is 13.1 Å². The van der Waals surface area contributed by atoms with Crippen molar-refractivity contribution < 1.29 is 27.2 Å². The molecule has 0 atom stereocenters. The Morgan fingerprint density at radius 1 is 0.833 bits per heavy atom. The van der Waals surface area contributed by atoms with E-state index in [2.05, 4.69) is 13.2 Å². The first-order chi connectivity index (χ1) is 11.1. The van der Waals surface area contributed by atoms with Gasteiger partial charge >= 0.3 is 11.8 Å². The summed E-state index contributed by atoms with van der Waals surface area (Å²) in [6.07, 6.45) is 2.21. The molecule has 0 aliphatic rings. The summed E-state index contributed by atoms with van der Waals surface area (Å²) in [4.78, 5) is 23.0. The molecule has 134 valence electrons. The van der Waals surface area contributed by atoms with Crippen molar-refractivity contribution in [3.05, 3.63) is 47.5 Å². The number of hydrogen-bond donors (Lipinski definition) is 2. The summed E-state index contributed by atoms with van der Waals surface area (Å²) in [5.74, 6) is -12.7. The second-order valence-corrected chi connectivity index (χ2v) is 4.63. The molecule has 0 radical (unpaired) electrons. The summed E-state index contributed by atoms with van der Waals surface area (Å²) in [6.45, 7) is 5.75. The predicted molar refractivity (Wildman–Crippen MR) is 84.2 cm³/mol. The Morgan fingerprint density at radius 2 is 1.12 bits per heavy atom. The summed E-state index contributed by atoms with van der Waals surface area (Å²) < 4.78 is 56.4. The number of amides is 2. The van der Waals surface area contributed by atoms with E-state index in [0.717, 1.165) is 12.2 Å². The van der Waals surface area contributed by atoms with Crippen molar-refractivity contribution in [2.45, 2.75) is 11.8 Å². The first-order valence-corrected chi connectivity index (χ1v) is 7.14. The molecule has 0 aromatic rings. The minimum Gasteiger partial charge on any atom is -0.347 e. The number of hydrogen-bond acceptors (Lipinski definition) is 2. The zero-order chi connectivity index (χ0) is 19.0. The molecule has 0 aromatic carbocycles. The number of rotatable bonds is 9. The Bertz CT molecular complexity index is 525. The molecule has 10 heteroatoms. The van der Waals surface area contributed by atoms with Crippen molar-refractivity contribution in [3.8, 4) is 0 Å². The fourth-order valence-electron chi connectivity index (χ4n) is 1.39. The van der Waals surface area contributed by atoms with E-state index in [4.69, 9.17) is 23.2 Å². The van der Waals surface area contributed by atoms with Crippen molar-refractivity contribution in [3.63, 3.8) is 0 Å². The summed E-state index contributed by atoms with van der Waals surface area (Å²) >= 11 is 10.4. The van der Waals surface area contributed by atoms with Gasteiger partial charge in [-0.3, -0.25) is 9.59 Å². The maximum Gasteiger partial charge on any atom is 0.351 e. The summed E-state index contributed by atoms with van der Waals surface area (Å²) in [7, 11) is 0. The Morgan fingerprint density at radius 3 is 1.33 bits per heavy atom. The van der Waals surface area contributed by atoms with E-state index >= 15 is 0 Å². The third-order valence-electron chi connectivity index (χ3n) is 2.57. The van der Waals surface area contributed by atoms with Crippen LogP contribution in [0.25, 0.3) is 0 Å². The van der Waals surface area contributed by atoms with Gasteiger partial charge in [0, 0.05) is 24.2 Å². The Labute approximate surface area is 145 Å². The average Bonchev–Trinajstić information content (AvgIpc) is 2.54. The number of nitrogens with one attached hydrogen (secondary N) is 2. The maximum atomic E-state index is 14.1. The first kappa shape index (κ1) is 22.2. The molecule has 24 heavy (non-hydrogen) atoms. The van der Waals surface area contributed by atoms with E-state index in [1.54, 1.807) is 10.6 Å². The summed E-state index contributed by atoms with van der Waals surface area (Å²) in [5, 5.41) is 3.49. The van der Waals surface area contributed by atoms with Crippen LogP contribution >= 0.6 is 23.2 Å². The SMILES string of the molecule is C=CCNC(=O)C(F)(F)C(=C\Cl)/C(=C/Cl)C(F)(F)C(=O)NCC=C. The quantitative estimate of drug-likeness (QED) is 0.362. The number of halogens is 6. The van der Waals surface area contributed by atoms with Crippen LogP contribution in [0.2, 0.25) is 0 Å². The molecule has 0 aromatic heterocycles. The van der Waals surface area contributed by atoms with Crippen LogP contribution in [0.4, 0.5) is 17.6 Å². The Hall–Kier alpha value is -1.80. The summed E-state index contributed by atoms with van der Waals surface area (Å²) in [6, 6.07) is 0. The standard InChI is InChI=1S/C14H14Cl2F4N2O2/c1-3-5-21-11(23)13(17,18)9(7-15)10(8-16)14(19,20)12(24)22-6-4-2/h3-4,7-8H,1-2,5-6H2,(H,21,23)(H,22,24)/b9-7-,10-8-. The number of carbonyl (C=O) groups excluding carboxylic acids is 2. The topological polar surface area (TPSA) is 58.2 Å². The molecule has 0 rings (SSSR count). The fourth-order valence-corrected chi connectivity index (χ4v) is 1.90. The van der Waals surface area contributed by atoms with Crippen LogP contribution in [0.5, 0.6) is 0 Å². The van der Waals surface area contributed by atoms with Crippen LogP contribution in [0, 0.1) is 0 Å². The van der Waals surface area contributed by atoms with Gasteiger partial charge in [-0.05, 0) is 0 Å². The third-order valence-corrected chi connectivity index (χ3v) is 3.01. The molecule has 0 spiro atoms. The zero-order valence-corrected chi connectivity index (χ0v) is 13.7. The van der Waals surface area contributed by atoms with E-state index in [1.807, 2.05) is 0 Å². The third kappa shape index (κ3) is 5.10. The van der Waals surface area contributed by atoms with Crippen molar-refractivity contribution in [1.82, 2.24) is 10.6 Å². The largest absolute Gasteiger partial charge is 0.351 e. The second-order valence-electron chi connectivity index (χ2n) is 4.19. The van der Waals surface area contributed by atoms with Crippen molar-refractivity contribution in [1.29, 1.82) is 0 Å². The molecule has 0 heterocycles. The normalized spacial score (nSPS) is 13.2. The van der Waals surface area contributed by atoms with Crippen LogP contribution in [0.15, 0.2) is 47.5 Å². The van der Waals surface area contributed by atoms with Gasteiger partial charge < -0.3 is 10.6 Å². The van der Waals surface area contributed by atoms with Crippen LogP contribution < -0.4 is 10.6 Å². The monoisotopic (exact) mass is 388 g/mol. The number of carbonyl (C=O) groups is 2. The van der Waals surface area contributed by atoms with Crippen molar-refractivity contribution in [2.24, 2.45) is 0 Å². The first-order valence-electron chi connectivity index (χ1n) is 6.27. The van der Waals surface area contributed by atoms with Crippen LogP contribution in [-0.2, 0) is 9.59 Å². The van der Waals surface area contributed by atoms with Gasteiger partial charge in [-0.2, -0.15) is 17.6 Å². The van der Waals surface area contributed by atoms with Crippen LogP contribution in [0.3, 0.4) is 0 Å². The lowest BCUT2D eigenvalue weighted by atomic mass is 9.96. The Kier molecular flexibility index (Phi) is 8.77. The highest BCUT2D eigenvalue weighted by atomic mass is 35.5. The van der Waals surface area contributed by atoms with Gasteiger partial charge in [0.2, 0.25) is 0 Å². The molecule has 0 aliphatic carbocycles. The highest BCUT2D eigenvalue weighted by Crippen LogP contribution is 2.39. The zero-order valence-electron chi connectivity index (χ0n) is 12.2. The molecular weight excluding hydrogens is 375 g/mol. The highest BCUT2D eigenvalue weighted by molar-refractivity contribution is 6.28. The van der Waals surface area contributed by atoms with Gasteiger partial charge in [-0.1, -0.05) is 35.4 Å². The van der Waals surface area contributed by atoms with Crippen LogP contribution in [0.1, 0.15) is 0 Å². The molecule has 0 saturated heterocycles. The molecule has 2 N–H and O–H groups in total. The van der Waals surface area contributed by atoms with Crippen LogP contribution in [-0.4, -0.2) is 36.7 Å². The lowest BCUT2D eigenvalue weighted by Gasteiger charge is -2.25. The van der Waals surface area contributed by atoms with E-state index in [9.17, 15) is 27.2 Å². The maximum absolute atomic E-state index is 14.1. The molecule has 0 bridgehead atoms. The minimum atomic E-state index is -4.46. The van der Waals surface area contributed by atoms with Gasteiger partial charge in [-0.15, -0.1) is 13.2 Å². The van der Waals surface area contributed by atoms with Gasteiger partial charge in [0.15, 0.2) is 0 Å². The molecule has 0 fully saturated rings. The van der Waals surface area contributed by atoms with Crippen molar-refractivity contribution >= 4 is 35.0 Å². The lowest BCUT2D eigenvalue weighted by molar-refractivity contribution is -0.143. The fraction of sp³-hybridized carbons (Fsp3) is 0.286. The van der Waals surface area contributed by atoms with E-state index in [0.29, 0.717) is 0 Å². The number of alkyl halides is 4. The Balaban J connectivity index is 5.76. The minimum absolute atomic E-state index is 0.0659. The molecule has 0 saturated carbocycles. The molecule has 0 aliphatic heterocycles. The van der Waals surface area contributed by atoms with E-state index in [1.165, 1.54) is 0 Å². The summed E-state index contributed by atoms with van der Waals surface area (Å²) in [5.41, 5.74) is -3.09. The average molecular weight is 389 g/mol. The predicted octanol–water partition coefficient (Wildman–Crippen LogP) is 3.11. The molecule has 2 amide bonds. The molecule has 0 unspecified atom stereocenters. The van der Waals surface area contributed by atoms with E-state index in [-0.39, 0.29) is 24.2 Å². The lowest BCUT2D eigenvalue weighted by Crippen LogP contribution is -2.47. The van der Waals surface area contributed by atoms with Gasteiger partial charge in [0.1, 0.15) is 0 Å². The smallest absolute Gasteiger partial charge is 0.347 e. The van der Waals surface area contributed by atoms with Gasteiger partial charge in [0.05, 0.1) is 11.1 Å². The van der Waals surface area contributed by atoms with E-state index < -0.39 is 34.8 Å². The highest BCUT2D eigenvalue weighted by Gasteiger charge is 2.53. The van der Waals surface area contributed by atoms with Gasteiger partial charge in [0.25, 0.3) is 11.8 Å².